The van der Waals surface area contributed by atoms with E-state index in [9.17, 15) is 19.8 Å². The van der Waals surface area contributed by atoms with Gasteiger partial charge in [-0.2, -0.15) is 0 Å². The van der Waals surface area contributed by atoms with E-state index >= 15 is 0 Å². The Bertz CT molecular complexity index is 1040. The number of aldehydes is 1. The van der Waals surface area contributed by atoms with Gasteiger partial charge in [0.25, 0.3) is 0 Å². The third-order valence-electron chi connectivity index (χ3n) is 5.36. The Hall–Kier alpha value is -3.07. The summed E-state index contributed by atoms with van der Waals surface area (Å²) in [5.41, 5.74) is 4.81. The first kappa shape index (κ1) is 21.2. The zero-order valence-electron chi connectivity index (χ0n) is 16.6. The molecule has 1 aliphatic rings. The Morgan fingerprint density at radius 3 is 2.39 bits per heavy atom. The second-order valence-electron chi connectivity index (χ2n) is 7.28. The molecule has 0 radical (unpaired) electrons. The van der Waals surface area contributed by atoms with Gasteiger partial charge in [-0.3, -0.25) is 4.79 Å². The Morgan fingerprint density at radius 1 is 1.13 bits per heavy atom. The van der Waals surface area contributed by atoms with E-state index in [1.54, 1.807) is 0 Å². The number of rotatable bonds is 8. The van der Waals surface area contributed by atoms with Gasteiger partial charge in [0.2, 0.25) is 0 Å². The molecule has 2 atom stereocenters. The molecule has 4 rings (SSSR count). The van der Waals surface area contributed by atoms with Crippen molar-refractivity contribution >= 4 is 23.7 Å². The van der Waals surface area contributed by atoms with Crippen molar-refractivity contribution in [1.82, 2.24) is 10.3 Å². The molecule has 0 aliphatic heterocycles. The summed E-state index contributed by atoms with van der Waals surface area (Å²) in [4.78, 5) is 26.8. The largest absolute Gasteiger partial charge is 0.449 e. The quantitative estimate of drug-likeness (QED) is 0.466. The molecule has 0 fully saturated rings. The fourth-order valence-electron chi connectivity index (χ4n) is 3.82. The summed E-state index contributed by atoms with van der Waals surface area (Å²) in [7, 11) is 0. The molecule has 160 valence electrons. The van der Waals surface area contributed by atoms with Crippen LogP contribution >= 0.6 is 11.3 Å². The number of carbonyl (C=O) groups is 2. The molecule has 2 unspecified atom stereocenters. The lowest BCUT2D eigenvalue weighted by atomic mass is 9.98. The normalized spacial score (nSPS) is 14.4. The Labute approximate surface area is 183 Å². The van der Waals surface area contributed by atoms with Crippen LogP contribution in [0.15, 0.2) is 53.9 Å². The third kappa shape index (κ3) is 4.51. The van der Waals surface area contributed by atoms with Gasteiger partial charge in [0.05, 0.1) is 11.8 Å². The van der Waals surface area contributed by atoms with Crippen molar-refractivity contribution in [3.63, 3.8) is 0 Å². The van der Waals surface area contributed by atoms with E-state index in [4.69, 9.17) is 4.74 Å². The summed E-state index contributed by atoms with van der Waals surface area (Å²) in [6, 6.07) is 16.2. The lowest BCUT2D eigenvalue weighted by Crippen LogP contribution is -2.30. The summed E-state index contributed by atoms with van der Waals surface area (Å²) in [6.07, 6.45) is -2.24. The standard InChI is InChI=1S/C23H22N2O5S/c26-11-21-25-19(13-31-21)22(28)20(27)9-10-24-23(29)30-12-18-16-7-3-1-5-14(16)15-6-2-4-8-17(15)18/h1-8,11,13,18,20,22,27-28H,9-10,12H2,(H,24,29). The van der Waals surface area contributed by atoms with Crippen LogP contribution in [0.2, 0.25) is 0 Å². The minimum absolute atomic E-state index is 0.0257. The summed E-state index contributed by atoms with van der Waals surface area (Å²) in [5.74, 6) is -0.0257. The summed E-state index contributed by atoms with van der Waals surface area (Å²) in [5, 5.41) is 24.6. The molecule has 1 heterocycles. The molecule has 0 spiro atoms. The monoisotopic (exact) mass is 438 g/mol. The highest BCUT2D eigenvalue weighted by atomic mass is 32.1. The van der Waals surface area contributed by atoms with Gasteiger partial charge in [-0.1, -0.05) is 48.5 Å². The van der Waals surface area contributed by atoms with E-state index in [0.29, 0.717) is 6.29 Å². The van der Waals surface area contributed by atoms with Crippen molar-refractivity contribution in [1.29, 1.82) is 0 Å². The molecule has 0 saturated carbocycles. The van der Waals surface area contributed by atoms with Gasteiger partial charge in [-0.15, -0.1) is 11.3 Å². The van der Waals surface area contributed by atoms with Crippen molar-refractivity contribution in [2.24, 2.45) is 0 Å². The Balaban J connectivity index is 1.28. The van der Waals surface area contributed by atoms with Crippen LogP contribution in [-0.4, -0.2) is 46.8 Å². The molecule has 2 aromatic carbocycles. The topological polar surface area (TPSA) is 109 Å². The molecule has 3 N–H and O–H groups in total. The van der Waals surface area contributed by atoms with Crippen LogP contribution in [0.3, 0.4) is 0 Å². The van der Waals surface area contributed by atoms with Crippen molar-refractivity contribution < 1.29 is 24.5 Å². The number of hydrogen-bond donors (Lipinski definition) is 3. The van der Waals surface area contributed by atoms with Gasteiger partial charge in [0.15, 0.2) is 11.3 Å². The van der Waals surface area contributed by atoms with Crippen LogP contribution in [0.1, 0.15) is 45.1 Å². The summed E-state index contributed by atoms with van der Waals surface area (Å²) < 4.78 is 5.44. The lowest BCUT2D eigenvalue weighted by Gasteiger charge is -2.17. The molecular weight excluding hydrogens is 416 g/mol. The van der Waals surface area contributed by atoms with Crippen LogP contribution in [0, 0.1) is 0 Å². The first-order chi connectivity index (χ1) is 15.1. The second-order valence-corrected chi connectivity index (χ2v) is 8.17. The molecule has 1 amide bonds. The minimum atomic E-state index is -1.23. The number of amides is 1. The van der Waals surface area contributed by atoms with Gasteiger partial charge in [-0.05, 0) is 28.7 Å². The second kappa shape index (κ2) is 9.38. The van der Waals surface area contributed by atoms with Crippen LogP contribution in [0.5, 0.6) is 0 Å². The number of thiazole rings is 1. The van der Waals surface area contributed by atoms with Crippen LogP contribution in [0.4, 0.5) is 4.79 Å². The van der Waals surface area contributed by atoms with E-state index in [0.717, 1.165) is 33.6 Å². The molecule has 1 aromatic heterocycles. The zero-order chi connectivity index (χ0) is 21.8. The van der Waals surface area contributed by atoms with Gasteiger partial charge in [-0.25, -0.2) is 9.78 Å². The number of fused-ring (bicyclic) bond motifs is 3. The van der Waals surface area contributed by atoms with E-state index in [1.807, 2.05) is 36.4 Å². The third-order valence-corrected chi connectivity index (χ3v) is 6.15. The minimum Gasteiger partial charge on any atom is -0.449 e. The molecule has 1 aliphatic carbocycles. The van der Waals surface area contributed by atoms with Gasteiger partial charge in [0, 0.05) is 17.8 Å². The summed E-state index contributed by atoms with van der Waals surface area (Å²) in [6.45, 7) is 0.331. The maximum Gasteiger partial charge on any atom is 0.407 e. The number of ether oxygens (including phenoxy) is 1. The number of aliphatic hydroxyl groups is 2. The van der Waals surface area contributed by atoms with Crippen LogP contribution in [-0.2, 0) is 4.74 Å². The van der Waals surface area contributed by atoms with Gasteiger partial charge < -0.3 is 20.3 Å². The Morgan fingerprint density at radius 2 is 1.77 bits per heavy atom. The average molecular weight is 439 g/mol. The van der Waals surface area contributed by atoms with Crippen molar-refractivity contribution in [2.45, 2.75) is 24.5 Å². The average Bonchev–Trinajstić information content (AvgIpc) is 3.40. The summed E-state index contributed by atoms with van der Waals surface area (Å²) >= 11 is 1.09. The number of nitrogens with zero attached hydrogens (tertiary/aromatic N) is 1. The number of aromatic nitrogens is 1. The number of carbonyl (C=O) groups excluding carboxylic acids is 2. The molecule has 3 aromatic rings. The molecule has 0 saturated heterocycles. The smallest absolute Gasteiger partial charge is 0.407 e. The maximum atomic E-state index is 12.2. The first-order valence-electron chi connectivity index (χ1n) is 9.94. The van der Waals surface area contributed by atoms with Crippen molar-refractivity contribution in [3.8, 4) is 11.1 Å². The molecule has 0 bridgehead atoms. The van der Waals surface area contributed by atoms with Crippen LogP contribution < -0.4 is 5.32 Å². The molecular formula is C23H22N2O5S. The highest BCUT2D eigenvalue weighted by molar-refractivity contribution is 7.11. The number of alkyl carbamates (subject to hydrolysis) is 1. The van der Waals surface area contributed by atoms with Crippen molar-refractivity contribution in [3.05, 3.63) is 75.7 Å². The zero-order valence-corrected chi connectivity index (χ0v) is 17.4. The fourth-order valence-corrected chi connectivity index (χ4v) is 4.46. The van der Waals surface area contributed by atoms with E-state index in [1.165, 1.54) is 5.38 Å². The molecule has 8 heteroatoms. The van der Waals surface area contributed by atoms with Gasteiger partial charge >= 0.3 is 6.09 Å². The SMILES string of the molecule is O=Cc1nc(C(O)C(O)CCNC(=O)OCC2c3ccccc3-c3ccccc32)cs1. The van der Waals surface area contributed by atoms with Gasteiger partial charge in [0.1, 0.15) is 12.7 Å². The highest BCUT2D eigenvalue weighted by Crippen LogP contribution is 2.44. The van der Waals surface area contributed by atoms with Crippen molar-refractivity contribution in [2.75, 3.05) is 13.2 Å². The molecule has 31 heavy (non-hydrogen) atoms. The highest BCUT2D eigenvalue weighted by Gasteiger charge is 2.29. The van der Waals surface area contributed by atoms with E-state index < -0.39 is 18.3 Å². The van der Waals surface area contributed by atoms with E-state index in [2.05, 4.69) is 22.4 Å². The first-order valence-corrected chi connectivity index (χ1v) is 10.8. The fraction of sp³-hybridized carbons (Fsp3) is 0.261. The predicted octanol–water partition coefficient (Wildman–Crippen LogP) is 3.28. The van der Waals surface area contributed by atoms with E-state index in [-0.39, 0.29) is 36.2 Å². The number of nitrogens with one attached hydrogen (secondary N) is 1. The number of benzene rings is 2. The number of aliphatic hydroxyl groups excluding tert-OH is 2. The number of hydrogen-bond acceptors (Lipinski definition) is 7. The Kier molecular flexibility index (Phi) is 6.41. The maximum absolute atomic E-state index is 12.2. The molecule has 7 nitrogen and oxygen atoms in total. The lowest BCUT2D eigenvalue weighted by molar-refractivity contribution is 0.0115. The predicted molar refractivity (Wildman–Crippen MR) is 116 cm³/mol. The van der Waals surface area contributed by atoms with Crippen LogP contribution in [0.25, 0.3) is 11.1 Å².